The van der Waals surface area contributed by atoms with Gasteiger partial charge in [-0.1, -0.05) is 38.5 Å². The van der Waals surface area contributed by atoms with Gasteiger partial charge < -0.3 is 5.11 Å². The van der Waals surface area contributed by atoms with Gasteiger partial charge in [-0.2, -0.15) is 0 Å². The molecule has 1 saturated carbocycles. The summed E-state index contributed by atoms with van der Waals surface area (Å²) in [7, 11) is 0. The lowest BCUT2D eigenvalue weighted by Crippen LogP contribution is -2.31. The summed E-state index contributed by atoms with van der Waals surface area (Å²) in [6.07, 6.45) is 11.5. The van der Waals surface area contributed by atoms with Crippen LogP contribution in [0.15, 0.2) is 23.3 Å². The van der Waals surface area contributed by atoms with Crippen molar-refractivity contribution in [1.82, 2.24) is 0 Å². The number of hydrogen-bond donors (Lipinski definition) is 1. The zero-order valence-corrected chi connectivity index (χ0v) is 14.7. The number of allylic oxidation sites excluding steroid dienone is 3. The van der Waals surface area contributed by atoms with Crippen LogP contribution in [0.25, 0.3) is 0 Å². The third kappa shape index (κ3) is 3.80. The van der Waals surface area contributed by atoms with E-state index in [1.54, 1.807) is 0 Å². The van der Waals surface area contributed by atoms with Gasteiger partial charge in [-0.15, -0.1) is 0 Å². The van der Waals surface area contributed by atoms with Crippen molar-refractivity contribution in [2.75, 3.05) is 0 Å². The topological polar surface area (TPSA) is 20.2 Å². The van der Waals surface area contributed by atoms with Crippen LogP contribution in [0, 0.1) is 23.2 Å². The van der Waals surface area contributed by atoms with Gasteiger partial charge in [0.05, 0.1) is 6.10 Å². The molecule has 0 radical (unpaired) electrons. The smallest absolute Gasteiger partial charge is 0.0750 e. The number of rotatable bonds is 1. The first kappa shape index (κ1) is 16.8. The van der Waals surface area contributed by atoms with Crippen LogP contribution in [0.2, 0.25) is 0 Å². The molecule has 120 valence electrons. The molecule has 1 fully saturated rings. The highest BCUT2D eigenvalue weighted by molar-refractivity contribution is 5.12. The second kappa shape index (κ2) is 6.69. The lowest BCUT2D eigenvalue weighted by molar-refractivity contribution is 0.0921. The quantitative estimate of drug-likeness (QED) is 0.632. The minimum absolute atomic E-state index is 0.243. The molecule has 0 heterocycles. The Labute approximate surface area is 131 Å². The van der Waals surface area contributed by atoms with Gasteiger partial charge in [-0.25, -0.2) is 0 Å². The van der Waals surface area contributed by atoms with Crippen LogP contribution < -0.4 is 0 Å². The predicted molar refractivity (Wildman–Crippen MR) is 91.1 cm³/mol. The molecule has 2 aliphatic carbocycles. The second-order valence-corrected chi connectivity index (χ2v) is 8.20. The van der Waals surface area contributed by atoms with E-state index in [0.29, 0.717) is 11.3 Å². The van der Waals surface area contributed by atoms with Crippen LogP contribution in [0.1, 0.15) is 73.1 Å². The number of fused-ring (bicyclic) bond motifs is 1. The average Bonchev–Trinajstić information content (AvgIpc) is 2.73. The van der Waals surface area contributed by atoms with Crippen molar-refractivity contribution >= 4 is 0 Å². The van der Waals surface area contributed by atoms with Gasteiger partial charge in [0.2, 0.25) is 0 Å². The van der Waals surface area contributed by atoms with Crippen LogP contribution in [0.5, 0.6) is 0 Å². The standard InChI is InChI=1S/C20H34O/c1-14(2)17-10-12-20(5)11-9-15(3)7-6-8-16(4)19(21)13-18(17)20/h8-9,14,17-19,21H,6-7,10-13H2,1-5H3. The van der Waals surface area contributed by atoms with Crippen LogP contribution in [-0.2, 0) is 0 Å². The van der Waals surface area contributed by atoms with Gasteiger partial charge in [0.15, 0.2) is 0 Å². The highest BCUT2D eigenvalue weighted by Gasteiger charge is 2.45. The molecule has 4 atom stereocenters. The molecule has 0 aliphatic heterocycles. The Bertz CT molecular complexity index is 418. The van der Waals surface area contributed by atoms with Gasteiger partial charge in [0, 0.05) is 0 Å². The number of hydrogen-bond acceptors (Lipinski definition) is 1. The molecule has 1 N–H and O–H groups in total. The molecular weight excluding hydrogens is 256 g/mol. The molecule has 0 aromatic rings. The third-order valence-electron chi connectivity index (χ3n) is 6.24. The van der Waals surface area contributed by atoms with E-state index in [1.807, 2.05) is 0 Å². The van der Waals surface area contributed by atoms with Crippen LogP contribution in [0.4, 0.5) is 0 Å². The van der Waals surface area contributed by atoms with E-state index in [-0.39, 0.29) is 6.10 Å². The van der Waals surface area contributed by atoms with Gasteiger partial charge in [-0.3, -0.25) is 0 Å². The molecule has 0 bridgehead atoms. The van der Waals surface area contributed by atoms with E-state index in [9.17, 15) is 5.11 Å². The first-order valence-corrected chi connectivity index (χ1v) is 8.84. The molecule has 0 aromatic carbocycles. The molecular formula is C20H34O. The Morgan fingerprint density at radius 3 is 2.62 bits per heavy atom. The fourth-order valence-corrected chi connectivity index (χ4v) is 4.51. The fraction of sp³-hybridized carbons (Fsp3) is 0.800. The second-order valence-electron chi connectivity index (χ2n) is 8.20. The first-order valence-electron chi connectivity index (χ1n) is 8.84. The molecule has 0 spiro atoms. The van der Waals surface area contributed by atoms with Crippen molar-refractivity contribution in [1.29, 1.82) is 0 Å². The summed E-state index contributed by atoms with van der Waals surface area (Å²) in [5, 5.41) is 10.6. The van der Waals surface area contributed by atoms with Crippen LogP contribution >= 0.6 is 0 Å². The van der Waals surface area contributed by atoms with E-state index >= 15 is 0 Å². The maximum Gasteiger partial charge on any atom is 0.0750 e. The molecule has 1 heteroatoms. The van der Waals surface area contributed by atoms with E-state index in [0.717, 1.165) is 31.1 Å². The lowest BCUT2D eigenvalue weighted by Gasteiger charge is -2.36. The zero-order chi connectivity index (χ0) is 15.6. The van der Waals surface area contributed by atoms with Gasteiger partial charge in [0.1, 0.15) is 0 Å². The van der Waals surface area contributed by atoms with Crippen molar-refractivity contribution in [2.45, 2.75) is 79.2 Å². The van der Waals surface area contributed by atoms with Gasteiger partial charge in [0.25, 0.3) is 0 Å². The van der Waals surface area contributed by atoms with Crippen molar-refractivity contribution in [3.63, 3.8) is 0 Å². The van der Waals surface area contributed by atoms with E-state index in [4.69, 9.17) is 0 Å². The molecule has 0 saturated heterocycles. The van der Waals surface area contributed by atoms with Gasteiger partial charge >= 0.3 is 0 Å². The minimum Gasteiger partial charge on any atom is -0.389 e. The van der Waals surface area contributed by atoms with Crippen molar-refractivity contribution in [3.05, 3.63) is 23.3 Å². The van der Waals surface area contributed by atoms with E-state index in [1.165, 1.54) is 30.4 Å². The number of aliphatic hydroxyl groups excluding tert-OH is 1. The van der Waals surface area contributed by atoms with Crippen LogP contribution in [0.3, 0.4) is 0 Å². The first-order chi connectivity index (χ1) is 9.83. The van der Waals surface area contributed by atoms with Crippen molar-refractivity contribution < 1.29 is 5.11 Å². The summed E-state index contributed by atoms with van der Waals surface area (Å²) in [4.78, 5) is 0. The minimum atomic E-state index is -0.243. The highest BCUT2D eigenvalue weighted by atomic mass is 16.3. The SMILES string of the molecule is CC1=CCC2(C)CCC(C(C)C)C2CC(O)C(C)=CCC1. The molecule has 0 aromatic heterocycles. The molecule has 21 heavy (non-hydrogen) atoms. The van der Waals surface area contributed by atoms with Crippen molar-refractivity contribution in [3.8, 4) is 0 Å². The number of aliphatic hydroxyl groups is 1. The van der Waals surface area contributed by atoms with E-state index in [2.05, 4.69) is 46.8 Å². The normalized spacial score (nSPS) is 38.5. The molecule has 2 aliphatic rings. The third-order valence-corrected chi connectivity index (χ3v) is 6.24. The predicted octanol–water partition coefficient (Wildman–Crippen LogP) is 5.50. The molecule has 0 amide bonds. The monoisotopic (exact) mass is 290 g/mol. The Morgan fingerprint density at radius 2 is 1.95 bits per heavy atom. The molecule has 1 nitrogen and oxygen atoms in total. The Morgan fingerprint density at radius 1 is 1.24 bits per heavy atom. The summed E-state index contributed by atoms with van der Waals surface area (Å²) < 4.78 is 0. The summed E-state index contributed by atoms with van der Waals surface area (Å²) in [5.41, 5.74) is 3.08. The molecule has 4 unspecified atom stereocenters. The largest absolute Gasteiger partial charge is 0.389 e. The summed E-state index contributed by atoms with van der Waals surface area (Å²) in [6.45, 7) is 11.6. The zero-order valence-electron chi connectivity index (χ0n) is 14.7. The summed E-state index contributed by atoms with van der Waals surface area (Å²) in [6, 6.07) is 0. The lowest BCUT2D eigenvalue weighted by atomic mass is 9.69. The fourth-order valence-electron chi connectivity index (χ4n) is 4.51. The Hall–Kier alpha value is -0.560. The van der Waals surface area contributed by atoms with Crippen molar-refractivity contribution in [2.24, 2.45) is 23.2 Å². The van der Waals surface area contributed by atoms with Crippen LogP contribution in [-0.4, -0.2) is 11.2 Å². The van der Waals surface area contributed by atoms with E-state index < -0.39 is 0 Å². The maximum atomic E-state index is 10.6. The summed E-state index contributed by atoms with van der Waals surface area (Å²) in [5.74, 6) is 2.15. The summed E-state index contributed by atoms with van der Waals surface area (Å²) >= 11 is 0. The molecule has 2 rings (SSSR count). The average molecular weight is 290 g/mol. The maximum absolute atomic E-state index is 10.6. The Balaban J connectivity index is 2.31. The highest BCUT2D eigenvalue weighted by Crippen LogP contribution is 2.54. The Kier molecular flexibility index (Phi) is 5.35. The van der Waals surface area contributed by atoms with Gasteiger partial charge in [-0.05, 0) is 81.1 Å².